The Morgan fingerprint density at radius 3 is 0.851 bits per heavy atom. The number of amides is 6. The Balaban J connectivity index is 0.000000173. The molecule has 0 radical (unpaired) electrons. The topological polar surface area (TPSA) is 462 Å². The number of rotatable bonds is 24. The fourth-order valence-corrected chi connectivity index (χ4v) is 11.9. The maximum absolute atomic E-state index is 12.2. The van der Waals surface area contributed by atoms with Crippen LogP contribution in [-0.2, 0) is 0 Å². The molecular weight excluding hydrogens is 1790 g/mol. The number of pyridine rings is 8. The van der Waals surface area contributed by atoms with Crippen molar-refractivity contribution in [1.29, 1.82) is 0 Å². The van der Waals surface area contributed by atoms with Gasteiger partial charge in [-0.3, -0.25) is 73.6 Å². The fourth-order valence-electron chi connectivity index (χ4n) is 11.9. The number of hydrogen-bond donors (Lipinski definition) is 6. The molecule has 36 nitrogen and oxygen atoms in total. The second-order valence-electron chi connectivity index (χ2n) is 29.3. The first-order valence-corrected chi connectivity index (χ1v) is 41.9. The average molecular weight is 1890 g/mol. The number of nitrogens with zero attached hydrogens (tertiary/aromatic N) is 18. The quantitative estimate of drug-likeness (QED) is 0.0327. The molecule has 18 aromatic rings. The van der Waals surface area contributed by atoms with Crippen LogP contribution in [-0.4, -0.2) is 125 Å². The summed E-state index contributed by atoms with van der Waals surface area (Å²) >= 11 is 0. The van der Waals surface area contributed by atoms with Crippen LogP contribution in [0.1, 0.15) is 118 Å². The van der Waals surface area contributed by atoms with Crippen molar-refractivity contribution in [3.8, 4) is 69.4 Å². The molecule has 0 aliphatic heterocycles. The van der Waals surface area contributed by atoms with Crippen molar-refractivity contribution < 1.29 is 57.2 Å². The lowest BCUT2D eigenvalue weighted by atomic mass is 10.1. The molecule has 0 atom stereocenters. The second-order valence-corrected chi connectivity index (χ2v) is 29.3. The van der Waals surface area contributed by atoms with Gasteiger partial charge in [-0.15, -0.1) is 0 Å². The molecule has 141 heavy (non-hydrogen) atoms. The van der Waals surface area contributed by atoms with E-state index in [4.69, 9.17) is 28.4 Å². The Labute approximate surface area is 812 Å². The van der Waals surface area contributed by atoms with Gasteiger partial charge in [0.25, 0.3) is 35.4 Å². The maximum atomic E-state index is 12.2. The Morgan fingerprint density at radius 1 is 0.213 bits per heavy atom. The van der Waals surface area contributed by atoms with Crippen LogP contribution in [0.2, 0.25) is 0 Å². The van der Waals surface area contributed by atoms with Crippen LogP contribution in [0.3, 0.4) is 0 Å². The molecule has 13 aromatic heterocycles. The fraction of sp³-hybridized carbons (Fsp3) is 0.0857. The van der Waals surface area contributed by atoms with E-state index in [2.05, 4.69) is 122 Å². The molecule has 0 spiro atoms. The van der Waals surface area contributed by atoms with Crippen LogP contribution < -0.4 is 60.3 Å². The van der Waals surface area contributed by atoms with Crippen LogP contribution in [0.15, 0.2) is 368 Å². The summed E-state index contributed by atoms with van der Waals surface area (Å²) in [5.74, 6) is 5.17. The monoisotopic (exact) mass is 1880 g/mol. The first-order chi connectivity index (χ1) is 67.2. The zero-order valence-electron chi connectivity index (χ0n) is 74.6. The van der Waals surface area contributed by atoms with Gasteiger partial charge < -0.3 is 60.3 Å². The zero-order chi connectivity index (χ0) is 96.4. The summed E-state index contributed by atoms with van der Waals surface area (Å²) in [5, 5.41) is 16.5. The normalized spacial score (nSPS) is 9.91. The lowest BCUT2D eigenvalue weighted by Gasteiger charge is -2.08. The SMILES string of the molecule is C.C.C.Cc1cccc(C(=O)Nc2cccc(Oc3cccnc3)n2)c1.Cc1cccc(C(=O)Nc2cncc(Oc3cccnc3)c2)c1.Cc1cccc(C(=O)Nc2cncc(Oc3cccnc3)n2)c1.Cc1cccc(C(=O)Nc2cncc(Oc3cncnc3)c2)c1.Cc1cccc(C(=O)Nc2cncc(Oc3cncnc3)n2)c1.Cc1ccnc(C(=O)Nc2cncc(Oc3cncnc3)c2)c1. The summed E-state index contributed by atoms with van der Waals surface area (Å²) in [6.07, 6.45) is 39.9. The van der Waals surface area contributed by atoms with E-state index in [-0.39, 0.29) is 69.5 Å². The molecule has 708 valence electrons. The minimum absolute atomic E-state index is 0. The van der Waals surface area contributed by atoms with E-state index in [9.17, 15) is 28.8 Å². The highest BCUT2D eigenvalue weighted by Gasteiger charge is 2.17. The van der Waals surface area contributed by atoms with Crippen molar-refractivity contribution >= 4 is 70.0 Å². The molecule has 6 N–H and O–H groups in total. The molecule has 0 fully saturated rings. The van der Waals surface area contributed by atoms with E-state index >= 15 is 0 Å². The third kappa shape index (κ3) is 34.7. The Hall–Kier alpha value is -19.7. The lowest BCUT2D eigenvalue weighted by molar-refractivity contribution is 0.101. The van der Waals surface area contributed by atoms with Crippen molar-refractivity contribution in [2.75, 3.05) is 31.9 Å². The van der Waals surface area contributed by atoms with Gasteiger partial charge in [0.15, 0.2) is 28.9 Å². The van der Waals surface area contributed by atoms with Gasteiger partial charge in [0, 0.05) is 76.9 Å². The number of aromatic nitrogens is 18. The number of hydrogen-bond acceptors (Lipinski definition) is 30. The molecule has 0 aliphatic carbocycles. The van der Waals surface area contributed by atoms with E-state index in [0.717, 1.165) is 33.4 Å². The average Bonchev–Trinajstić information content (AvgIpc) is 0.872. The third-order valence-electron chi connectivity index (χ3n) is 18.0. The molecule has 0 unspecified atom stereocenters. The maximum Gasteiger partial charge on any atom is 0.274 e. The Morgan fingerprint density at radius 2 is 0.496 bits per heavy atom. The number of anilines is 6. The van der Waals surface area contributed by atoms with E-state index in [0.29, 0.717) is 126 Å². The van der Waals surface area contributed by atoms with E-state index in [1.54, 1.807) is 202 Å². The van der Waals surface area contributed by atoms with Crippen LogP contribution in [0.5, 0.6) is 69.4 Å². The molecule has 18 rings (SSSR count). The molecule has 0 saturated heterocycles. The van der Waals surface area contributed by atoms with Crippen molar-refractivity contribution in [3.63, 3.8) is 0 Å². The van der Waals surface area contributed by atoms with Crippen LogP contribution in [0.4, 0.5) is 34.5 Å². The van der Waals surface area contributed by atoms with Gasteiger partial charge in [-0.2, -0.15) is 15.0 Å². The Kier molecular flexibility index (Phi) is 39.5. The number of aryl methyl sites for hydroxylation is 6. The van der Waals surface area contributed by atoms with Crippen molar-refractivity contribution in [2.45, 2.75) is 63.8 Å². The van der Waals surface area contributed by atoms with Crippen molar-refractivity contribution in [3.05, 3.63) is 435 Å². The number of nitrogens with one attached hydrogen (secondary N) is 6. The van der Waals surface area contributed by atoms with Gasteiger partial charge in [0.2, 0.25) is 17.6 Å². The number of carbonyl (C=O) groups excluding carboxylic acids is 6. The van der Waals surface area contributed by atoms with Crippen LogP contribution >= 0.6 is 0 Å². The number of benzene rings is 5. The summed E-state index contributed by atoms with van der Waals surface area (Å²) < 4.78 is 33.4. The number of ether oxygens (including phenoxy) is 6. The predicted octanol–water partition coefficient (Wildman–Crippen LogP) is 21.3. The highest BCUT2D eigenvalue weighted by Crippen LogP contribution is 2.29. The van der Waals surface area contributed by atoms with Gasteiger partial charge in [0.1, 0.15) is 65.0 Å². The number of carbonyl (C=O) groups is 6. The van der Waals surface area contributed by atoms with Crippen LogP contribution in [0, 0.1) is 41.5 Å². The van der Waals surface area contributed by atoms with Gasteiger partial charge in [0.05, 0.1) is 135 Å². The molecule has 0 bridgehead atoms. The minimum Gasteiger partial charge on any atom is -0.454 e. The summed E-state index contributed by atoms with van der Waals surface area (Å²) in [4.78, 5) is 145. The minimum atomic E-state index is -0.310. The molecule has 0 saturated carbocycles. The highest BCUT2D eigenvalue weighted by molar-refractivity contribution is 6.07. The molecular formula is C105H96N24O12. The summed E-state index contributed by atoms with van der Waals surface area (Å²) in [6, 6.07) is 61.2. The van der Waals surface area contributed by atoms with Gasteiger partial charge >= 0.3 is 0 Å². The van der Waals surface area contributed by atoms with E-state index in [1.165, 1.54) is 81.0 Å². The first kappa shape index (κ1) is 103. The molecule has 13 heterocycles. The molecule has 5 aromatic carbocycles. The van der Waals surface area contributed by atoms with E-state index < -0.39 is 0 Å². The summed E-state index contributed by atoms with van der Waals surface area (Å²) in [5.41, 5.74) is 10.9. The van der Waals surface area contributed by atoms with Crippen molar-refractivity contribution in [1.82, 2.24) is 89.7 Å². The third-order valence-corrected chi connectivity index (χ3v) is 18.0. The van der Waals surface area contributed by atoms with Crippen molar-refractivity contribution in [2.24, 2.45) is 0 Å². The van der Waals surface area contributed by atoms with Gasteiger partial charge in [-0.05, 0) is 162 Å². The lowest BCUT2D eigenvalue weighted by Crippen LogP contribution is -2.13. The highest BCUT2D eigenvalue weighted by atomic mass is 16.5. The molecule has 36 heteroatoms. The van der Waals surface area contributed by atoms with Gasteiger partial charge in [-0.25, -0.2) is 29.9 Å². The summed E-state index contributed by atoms with van der Waals surface area (Å²) in [6.45, 7) is 11.6. The largest absolute Gasteiger partial charge is 0.454 e. The molecule has 6 amide bonds. The predicted molar refractivity (Wildman–Crippen MR) is 533 cm³/mol. The van der Waals surface area contributed by atoms with E-state index in [1.807, 2.05) is 126 Å². The molecule has 0 aliphatic rings. The second kappa shape index (κ2) is 53.9. The Bertz CT molecular complexity index is 6020. The van der Waals surface area contributed by atoms with Gasteiger partial charge in [-0.1, -0.05) is 117 Å². The summed E-state index contributed by atoms with van der Waals surface area (Å²) in [7, 11) is 0. The zero-order valence-corrected chi connectivity index (χ0v) is 74.6. The standard InChI is InChI=1S/2C18H15N3O2.2C17H14N4O2.2C16H13N5O2.3CH4/c1-13-5-2-6-14(11-13)18(22)21-16-8-3-9-17(20-16)23-15-7-4-10-19-12-15;1-13-4-2-5-14(8-13)18(22)21-15-9-17(12-20-10-15)23-16-6-3-7-19-11-16;1-12-4-2-5-13(8-12)17(22)21-15-10-19-11-16(20-15)23-14-6-3-7-18-9-14;1-12-3-2-4-13(5-12)17(22)21-14-6-15(8-18-7-14)23-16-9-19-11-20-10-16;1-11-2-3-20-15(4-11)16(22)21-12-5-13(7-17-6-12)23-14-8-18-10-19-9-14;1-11-3-2-4-12(5-11)16(22)21-14-8-17-9-15(20-14)23-13-6-18-10-19-7-13;;;/h2-12H,1H3,(H,20,21,22);2-12H,1H3,(H,21,22);2-11H,1H3,(H,20,21,22);2-11H,1H3,(H,21,22);2-10H,1H3,(H,21,22);2-10H,1H3,(H,20,21,22);3*1H4. The first-order valence-electron chi connectivity index (χ1n) is 41.9. The van der Waals surface area contributed by atoms with Crippen LogP contribution in [0.25, 0.3) is 0 Å². The smallest absolute Gasteiger partial charge is 0.274 e.